The molecule has 7 heteroatoms. The summed E-state index contributed by atoms with van der Waals surface area (Å²) in [6.45, 7) is 0. The molecule has 0 heterocycles. The number of carbonyl (C=O) groups is 3. The molecule has 0 spiro atoms. The predicted octanol–water partition coefficient (Wildman–Crippen LogP) is -0.268. The van der Waals surface area contributed by atoms with E-state index in [9.17, 15) is 19.5 Å². The Morgan fingerprint density at radius 3 is 2.26 bits per heavy atom. The summed E-state index contributed by atoms with van der Waals surface area (Å²) in [6, 6.07) is 8.20. The molecule has 4 N–H and O–H groups in total. The molecule has 0 saturated carbocycles. The van der Waals surface area contributed by atoms with Gasteiger partial charge in [0.2, 0.25) is 5.91 Å². The smallest absolute Gasteiger partial charge is 0.303 e. The van der Waals surface area contributed by atoms with Crippen LogP contribution in [0.2, 0.25) is 0 Å². The zero-order chi connectivity index (χ0) is 14.3. The molecule has 19 heavy (non-hydrogen) atoms. The van der Waals surface area contributed by atoms with Crippen molar-refractivity contribution >= 4 is 17.8 Å². The molecule has 2 amide bonds. The van der Waals surface area contributed by atoms with Crippen molar-refractivity contribution in [3.63, 3.8) is 0 Å². The second-order valence-electron chi connectivity index (χ2n) is 3.74. The fourth-order valence-electron chi connectivity index (χ4n) is 1.27. The topological polar surface area (TPSA) is 116 Å². The van der Waals surface area contributed by atoms with Crippen molar-refractivity contribution in [2.24, 2.45) is 0 Å². The Morgan fingerprint density at radius 2 is 1.68 bits per heavy atom. The third-order valence-corrected chi connectivity index (χ3v) is 2.25. The van der Waals surface area contributed by atoms with Crippen molar-refractivity contribution in [2.75, 3.05) is 0 Å². The van der Waals surface area contributed by atoms with Crippen LogP contribution in [0.5, 0.6) is 0 Å². The maximum absolute atomic E-state index is 11.5. The van der Waals surface area contributed by atoms with Crippen LogP contribution in [0.3, 0.4) is 0 Å². The Hall–Kier alpha value is -2.41. The molecule has 0 aromatic heterocycles. The maximum atomic E-state index is 11.5. The van der Waals surface area contributed by atoms with Crippen LogP contribution < -0.4 is 10.9 Å². The molecule has 0 saturated heterocycles. The minimum atomic E-state index is -1.40. The third kappa shape index (κ3) is 5.17. The van der Waals surface area contributed by atoms with E-state index in [0.29, 0.717) is 5.56 Å². The molecule has 0 fully saturated rings. The van der Waals surface area contributed by atoms with E-state index < -0.39 is 23.9 Å². The van der Waals surface area contributed by atoms with E-state index in [1.54, 1.807) is 30.3 Å². The van der Waals surface area contributed by atoms with Gasteiger partial charge in [0.1, 0.15) is 0 Å². The highest BCUT2D eigenvalue weighted by molar-refractivity contribution is 5.86. The van der Waals surface area contributed by atoms with Gasteiger partial charge in [-0.1, -0.05) is 30.3 Å². The first-order valence-corrected chi connectivity index (χ1v) is 5.54. The molecule has 1 atom stereocenters. The van der Waals surface area contributed by atoms with E-state index in [0.717, 1.165) is 0 Å². The highest BCUT2D eigenvalue weighted by atomic mass is 16.4. The number of hydrazine groups is 1. The lowest BCUT2D eigenvalue weighted by Crippen LogP contribution is -2.44. The lowest BCUT2D eigenvalue weighted by atomic mass is 10.1. The molecule has 0 bridgehead atoms. The van der Waals surface area contributed by atoms with Gasteiger partial charge in [0.25, 0.3) is 5.91 Å². The number of hydrogen-bond acceptors (Lipinski definition) is 4. The number of aliphatic hydroxyl groups excluding tert-OH is 1. The summed E-state index contributed by atoms with van der Waals surface area (Å²) in [5.74, 6) is -2.54. The quantitative estimate of drug-likeness (QED) is 0.548. The zero-order valence-electron chi connectivity index (χ0n) is 10.00. The molecular weight excluding hydrogens is 252 g/mol. The summed E-state index contributed by atoms with van der Waals surface area (Å²) >= 11 is 0. The Bertz CT molecular complexity index is 460. The molecule has 1 rings (SSSR count). The van der Waals surface area contributed by atoms with Gasteiger partial charge in [0.15, 0.2) is 6.10 Å². The maximum Gasteiger partial charge on any atom is 0.303 e. The van der Waals surface area contributed by atoms with Crippen LogP contribution in [0.15, 0.2) is 30.3 Å². The van der Waals surface area contributed by atoms with E-state index in [1.807, 2.05) is 10.9 Å². The van der Waals surface area contributed by atoms with E-state index in [2.05, 4.69) is 0 Å². The standard InChI is InChI=1S/C12H14N2O5/c15-9(6-7-10(16)17)13-14-12(19)11(18)8-4-2-1-3-5-8/h1-5,11,18H,6-7H2,(H,13,15)(H,14,19)(H,16,17). The van der Waals surface area contributed by atoms with Crippen LogP contribution in [0, 0.1) is 0 Å². The molecule has 1 aromatic rings. The van der Waals surface area contributed by atoms with Gasteiger partial charge in [-0.15, -0.1) is 0 Å². The van der Waals surface area contributed by atoms with Crippen LogP contribution in [0.25, 0.3) is 0 Å². The monoisotopic (exact) mass is 266 g/mol. The first-order chi connectivity index (χ1) is 9.00. The van der Waals surface area contributed by atoms with E-state index in [4.69, 9.17) is 5.11 Å². The summed E-state index contributed by atoms with van der Waals surface area (Å²) < 4.78 is 0. The summed E-state index contributed by atoms with van der Waals surface area (Å²) in [5, 5.41) is 18.0. The Kier molecular flexibility index (Phi) is 5.49. The lowest BCUT2D eigenvalue weighted by molar-refractivity contribution is -0.139. The number of benzene rings is 1. The third-order valence-electron chi connectivity index (χ3n) is 2.25. The molecule has 0 aliphatic rings. The lowest BCUT2D eigenvalue weighted by Gasteiger charge is -2.12. The molecule has 7 nitrogen and oxygen atoms in total. The van der Waals surface area contributed by atoms with Crippen LogP contribution in [-0.2, 0) is 14.4 Å². The van der Waals surface area contributed by atoms with Gasteiger partial charge in [-0.3, -0.25) is 25.2 Å². The number of amides is 2. The molecule has 1 unspecified atom stereocenters. The summed E-state index contributed by atoms with van der Waals surface area (Å²) in [6.07, 6.45) is -1.99. The van der Waals surface area contributed by atoms with Crippen molar-refractivity contribution in [2.45, 2.75) is 18.9 Å². The van der Waals surface area contributed by atoms with Crippen LogP contribution >= 0.6 is 0 Å². The van der Waals surface area contributed by atoms with Gasteiger partial charge in [-0.05, 0) is 5.56 Å². The average Bonchev–Trinajstić information content (AvgIpc) is 2.42. The van der Waals surface area contributed by atoms with Gasteiger partial charge in [-0.25, -0.2) is 0 Å². The minimum absolute atomic E-state index is 0.253. The molecule has 102 valence electrons. The number of aliphatic carboxylic acids is 1. The highest BCUT2D eigenvalue weighted by Crippen LogP contribution is 2.11. The van der Waals surface area contributed by atoms with Crippen molar-refractivity contribution in [1.29, 1.82) is 0 Å². The van der Waals surface area contributed by atoms with Gasteiger partial charge >= 0.3 is 5.97 Å². The highest BCUT2D eigenvalue weighted by Gasteiger charge is 2.17. The van der Waals surface area contributed by atoms with Crippen LogP contribution in [0.1, 0.15) is 24.5 Å². The molecule has 1 aromatic carbocycles. The predicted molar refractivity (Wildman–Crippen MR) is 64.6 cm³/mol. The Labute approximate surface area is 109 Å². The van der Waals surface area contributed by atoms with E-state index >= 15 is 0 Å². The summed E-state index contributed by atoms with van der Waals surface area (Å²) in [7, 11) is 0. The number of aliphatic hydroxyl groups is 1. The van der Waals surface area contributed by atoms with Crippen molar-refractivity contribution in [3.05, 3.63) is 35.9 Å². The van der Waals surface area contributed by atoms with Crippen molar-refractivity contribution in [1.82, 2.24) is 10.9 Å². The van der Waals surface area contributed by atoms with E-state index in [1.165, 1.54) is 0 Å². The molecule has 0 aliphatic heterocycles. The van der Waals surface area contributed by atoms with Gasteiger partial charge in [0.05, 0.1) is 6.42 Å². The number of carboxylic acids is 1. The van der Waals surface area contributed by atoms with Crippen molar-refractivity contribution in [3.8, 4) is 0 Å². The first-order valence-electron chi connectivity index (χ1n) is 5.54. The molecular formula is C12H14N2O5. The van der Waals surface area contributed by atoms with Crippen molar-refractivity contribution < 1.29 is 24.6 Å². The summed E-state index contributed by atoms with van der Waals surface area (Å²) in [5.41, 5.74) is 4.44. The largest absolute Gasteiger partial charge is 0.481 e. The second-order valence-corrected chi connectivity index (χ2v) is 3.74. The minimum Gasteiger partial charge on any atom is -0.481 e. The molecule has 0 radical (unpaired) electrons. The fraction of sp³-hybridized carbons (Fsp3) is 0.250. The summed E-state index contributed by atoms with van der Waals surface area (Å²) in [4.78, 5) is 32.9. The molecule has 0 aliphatic carbocycles. The SMILES string of the molecule is O=C(O)CCC(=O)NNC(=O)C(O)c1ccccc1. The van der Waals surface area contributed by atoms with Gasteiger partial charge in [0, 0.05) is 6.42 Å². The number of hydrogen-bond donors (Lipinski definition) is 4. The number of carbonyl (C=O) groups excluding carboxylic acids is 2. The number of nitrogens with one attached hydrogen (secondary N) is 2. The second kappa shape index (κ2) is 7.12. The zero-order valence-corrected chi connectivity index (χ0v) is 10.00. The van der Waals surface area contributed by atoms with Gasteiger partial charge < -0.3 is 10.2 Å². The fourth-order valence-corrected chi connectivity index (χ4v) is 1.27. The normalized spacial score (nSPS) is 11.4. The number of rotatable bonds is 5. The van der Waals surface area contributed by atoms with Crippen LogP contribution in [-0.4, -0.2) is 28.0 Å². The number of carboxylic acid groups (broad SMARTS) is 1. The Morgan fingerprint density at radius 1 is 1.05 bits per heavy atom. The first kappa shape index (κ1) is 14.7. The van der Waals surface area contributed by atoms with Gasteiger partial charge in [-0.2, -0.15) is 0 Å². The van der Waals surface area contributed by atoms with Crippen LogP contribution in [0.4, 0.5) is 0 Å². The Balaban J connectivity index is 2.39. The average molecular weight is 266 g/mol. The van der Waals surface area contributed by atoms with E-state index in [-0.39, 0.29) is 12.8 Å².